The Bertz CT molecular complexity index is 871. The summed E-state index contributed by atoms with van der Waals surface area (Å²) in [5.74, 6) is 0.476. The van der Waals surface area contributed by atoms with Gasteiger partial charge < -0.3 is 15.0 Å². The van der Waals surface area contributed by atoms with Crippen molar-refractivity contribution < 1.29 is 9.53 Å². The standard InChI is InChI=1S/C19H19N5O2/c25-19(15-5-6-18(20-14-15)24-8-2-7-21-24)22-16-3-1-4-17(13-16)23-9-11-26-12-10-23/h1-8,13-14H,9-12H2,(H,22,25). The van der Waals surface area contributed by atoms with Crippen molar-refractivity contribution in [3.63, 3.8) is 0 Å². The molecular weight excluding hydrogens is 330 g/mol. The maximum Gasteiger partial charge on any atom is 0.257 e. The Hall–Kier alpha value is -3.19. The minimum atomic E-state index is -0.191. The van der Waals surface area contributed by atoms with Crippen LogP contribution in [0.5, 0.6) is 0 Å². The minimum Gasteiger partial charge on any atom is -0.378 e. The van der Waals surface area contributed by atoms with Crippen LogP contribution in [0.25, 0.3) is 5.82 Å². The molecule has 1 saturated heterocycles. The highest BCUT2D eigenvalue weighted by Gasteiger charge is 2.13. The second-order valence-corrected chi connectivity index (χ2v) is 5.96. The van der Waals surface area contributed by atoms with Gasteiger partial charge in [-0.3, -0.25) is 4.79 Å². The normalized spacial score (nSPS) is 14.2. The van der Waals surface area contributed by atoms with E-state index in [0.717, 1.165) is 37.7 Å². The first-order chi connectivity index (χ1) is 12.8. The highest BCUT2D eigenvalue weighted by molar-refractivity contribution is 6.04. The highest BCUT2D eigenvalue weighted by atomic mass is 16.5. The average Bonchev–Trinajstić information content (AvgIpc) is 3.24. The maximum atomic E-state index is 12.5. The third kappa shape index (κ3) is 3.57. The topological polar surface area (TPSA) is 72.3 Å². The van der Waals surface area contributed by atoms with Crippen molar-refractivity contribution in [3.05, 3.63) is 66.6 Å². The van der Waals surface area contributed by atoms with E-state index >= 15 is 0 Å². The number of nitrogens with one attached hydrogen (secondary N) is 1. The van der Waals surface area contributed by atoms with Crippen LogP contribution in [-0.2, 0) is 4.74 Å². The van der Waals surface area contributed by atoms with Gasteiger partial charge in [-0.2, -0.15) is 5.10 Å². The van der Waals surface area contributed by atoms with Gasteiger partial charge in [-0.15, -0.1) is 0 Å². The summed E-state index contributed by atoms with van der Waals surface area (Å²) in [6.07, 6.45) is 5.04. The van der Waals surface area contributed by atoms with Crippen LogP contribution in [0, 0.1) is 0 Å². The summed E-state index contributed by atoms with van der Waals surface area (Å²) in [7, 11) is 0. The zero-order valence-corrected chi connectivity index (χ0v) is 14.2. The number of rotatable bonds is 4. The smallest absolute Gasteiger partial charge is 0.257 e. The number of carbonyl (C=O) groups excluding carboxylic acids is 1. The first-order valence-corrected chi connectivity index (χ1v) is 8.50. The maximum absolute atomic E-state index is 12.5. The Balaban J connectivity index is 1.46. The molecule has 3 aromatic rings. The third-order valence-corrected chi connectivity index (χ3v) is 4.23. The fourth-order valence-electron chi connectivity index (χ4n) is 2.87. The second kappa shape index (κ2) is 7.37. The highest BCUT2D eigenvalue weighted by Crippen LogP contribution is 2.21. The van der Waals surface area contributed by atoms with Crippen LogP contribution in [0.4, 0.5) is 11.4 Å². The van der Waals surface area contributed by atoms with E-state index in [4.69, 9.17) is 4.74 Å². The number of anilines is 2. The molecule has 7 heteroatoms. The molecule has 1 N–H and O–H groups in total. The molecule has 2 aromatic heterocycles. The molecule has 0 aliphatic carbocycles. The Morgan fingerprint density at radius 3 is 2.73 bits per heavy atom. The van der Waals surface area contributed by atoms with Crippen LogP contribution < -0.4 is 10.2 Å². The van der Waals surface area contributed by atoms with Crippen LogP contribution in [-0.4, -0.2) is 47.0 Å². The monoisotopic (exact) mass is 349 g/mol. The van der Waals surface area contributed by atoms with Crippen LogP contribution in [0.3, 0.4) is 0 Å². The molecule has 0 radical (unpaired) electrons. The summed E-state index contributed by atoms with van der Waals surface area (Å²) in [6, 6.07) is 13.2. The molecule has 1 fully saturated rings. The van der Waals surface area contributed by atoms with Gasteiger partial charge in [0.2, 0.25) is 0 Å². The third-order valence-electron chi connectivity index (χ3n) is 4.23. The summed E-state index contributed by atoms with van der Waals surface area (Å²) in [5.41, 5.74) is 2.34. The van der Waals surface area contributed by atoms with Crippen LogP contribution in [0.2, 0.25) is 0 Å². The quantitative estimate of drug-likeness (QED) is 0.783. The lowest BCUT2D eigenvalue weighted by molar-refractivity contribution is 0.102. The first-order valence-electron chi connectivity index (χ1n) is 8.50. The van der Waals surface area contributed by atoms with Crippen molar-refractivity contribution in [2.75, 3.05) is 36.5 Å². The van der Waals surface area contributed by atoms with E-state index in [0.29, 0.717) is 11.4 Å². The molecule has 0 bridgehead atoms. The van der Waals surface area contributed by atoms with Gasteiger partial charge >= 0.3 is 0 Å². The van der Waals surface area contributed by atoms with Crippen LogP contribution in [0.1, 0.15) is 10.4 Å². The molecule has 0 spiro atoms. The van der Waals surface area contributed by atoms with Gasteiger partial charge in [0, 0.05) is 43.1 Å². The molecule has 1 aromatic carbocycles. The van der Waals surface area contributed by atoms with Gasteiger partial charge in [0.15, 0.2) is 5.82 Å². The van der Waals surface area contributed by atoms with Gasteiger partial charge in [-0.05, 0) is 36.4 Å². The number of benzene rings is 1. The molecule has 1 aliphatic heterocycles. The van der Waals surface area contributed by atoms with E-state index in [2.05, 4.69) is 20.3 Å². The lowest BCUT2D eigenvalue weighted by Gasteiger charge is -2.29. The fraction of sp³-hybridized carbons (Fsp3) is 0.211. The van der Waals surface area contributed by atoms with Crippen molar-refractivity contribution in [1.82, 2.24) is 14.8 Å². The summed E-state index contributed by atoms with van der Waals surface area (Å²) < 4.78 is 7.03. The summed E-state index contributed by atoms with van der Waals surface area (Å²) in [6.45, 7) is 3.17. The van der Waals surface area contributed by atoms with E-state index in [9.17, 15) is 4.79 Å². The van der Waals surface area contributed by atoms with Gasteiger partial charge in [-0.1, -0.05) is 6.07 Å². The first kappa shape index (κ1) is 16.3. The van der Waals surface area contributed by atoms with E-state index in [1.54, 1.807) is 35.4 Å². The number of nitrogens with zero attached hydrogens (tertiary/aromatic N) is 4. The van der Waals surface area contributed by atoms with Crippen LogP contribution >= 0.6 is 0 Å². The van der Waals surface area contributed by atoms with E-state index in [-0.39, 0.29) is 5.91 Å². The molecule has 0 unspecified atom stereocenters. The zero-order valence-electron chi connectivity index (χ0n) is 14.2. The fourth-order valence-corrected chi connectivity index (χ4v) is 2.87. The summed E-state index contributed by atoms with van der Waals surface area (Å²) in [5, 5.41) is 7.06. The predicted molar refractivity (Wildman–Crippen MR) is 98.8 cm³/mol. The van der Waals surface area contributed by atoms with Crippen molar-refractivity contribution >= 4 is 17.3 Å². The number of ether oxygens (including phenoxy) is 1. The average molecular weight is 349 g/mol. The molecule has 4 rings (SSSR count). The Morgan fingerprint density at radius 1 is 1.12 bits per heavy atom. The summed E-state index contributed by atoms with van der Waals surface area (Å²) in [4.78, 5) is 19.0. The van der Waals surface area contributed by atoms with Gasteiger partial charge in [0.05, 0.1) is 18.8 Å². The van der Waals surface area contributed by atoms with Crippen molar-refractivity contribution in [3.8, 4) is 5.82 Å². The zero-order chi connectivity index (χ0) is 17.8. The molecule has 132 valence electrons. The van der Waals surface area contributed by atoms with Crippen molar-refractivity contribution in [2.45, 2.75) is 0 Å². The number of amides is 1. The Kier molecular flexibility index (Phi) is 4.61. The molecule has 7 nitrogen and oxygen atoms in total. The number of morpholine rings is 1. The molecule has 1 amide bonds. The van der Waals surface area contributed by atoms with E-state index < -0.39 is 0 Å². The molecule has 26 heavy (non-hydrogen) atoms. The summed E-state index contributed by atoms with van der Waals surface area (Å²) >= 11 is 0. The number of pyridine rings is 1. The molecular formula is C19H19N5O2. The van der Waals surface area contributed by atoms with Gasteiger partial charge in [0.1, 0.15) is 0 Å². The largest absolute Gasteiger partial charge is 0.378 e. The number of hydrogen-bond acceptors (Lipinski definition) is 5. The number of carbonyl (C=O) groups is 1. The minimum absolute atomic E-state index is 0.191. The second-order valence-electron chi connectivity index (χ2n) is 5.96. The Morgan fingerprint density at radius 2 is 2.00 bits per heavy atom. The lowest BCUT2D eigenvalue weighted by atomic mass is 10.2. The van der Waals surface area contributed by atoms with Crippen molar-refractivity contribution in [2.24, 2.45) is 0 Å². The predicted octanol–water partition coefficient (Wildman–Crippen LogP) is 2.36. The lowest BCUT2D eigenvalue weighted by Crippen LogP contribution is -2.36. The molecule has 3 heterocycles. The number of hydrogen-bond donors (Lipinski definition) is 1. The number of aromatic nitrogens is 3. The van der Waals surface area contributed by atoms with E-state index in [1.165, 1.54) is 0 Å². The van der Waals surface area contributed by atoms with Gasteiger partial charge in [0.25, 0.3) is 5.91 Å². The molecule has 0 saturated carbocycles. The molecule has 0 atom stereocenters. The van der Waals surface area contributed by atoms with Gasteiger partial charge in [-0.25, -0.2) is 9.67 Å². The molecule has 1 aliphatic rings. The van der Waals surface area contributed by atoms with Crippen LogP contribution in [0.15, 0.2) is 61.1 Å². The Labute approximate surface area is 151 Å². The van der Waals surface area contributed by atoms with Crippen molar-refractivity contribution in [1.29, 1.82) is 0 Å². The van der Waals surface area contributed by atoms with E-state index in [1.807, 2.05) is 30.3 Å². The SMILES string of the molecule is O=C(Nc1cccc(N2CCOCC2)c1)c1ccc(-n2cccn2)nc1.